The number of halogens is 3. The van der Waals surface area contributed by atoms with Gasteiger partial charge in [0.2, 0.25) is 0 Å². The molecule has 0 aliphatic heterocycles. The Morgan fingerprint density at radius 3 is 2.10 bits per heavy atom. The number of rotatable bonds is 9. The summed E-state index contributed by atoms with van der Waals surface area (Å²) in [5.41, 5.74) is 2.97. The van der Waals surface area contributed by atoms with Gasteiger partial charge in [-0.15, -0.1) is 0 Å². The highest BCUT2D eigenvalue weighted by molar-refractivity contribution is 6.42. The Morgan fingerprint density at radius 2 is 1.43 bits per heavy atom. The van der Waals surface area contributed by atoms with Crippen LogP contribution in [0.15, 0.2) is 54.6 Å². The molecule has 3 aromatic carbocycles. The molecular formula is C23H22Cl3NO3. The molecular weight excluding hydrogens is 445 g/mol. The van der Waals surface area contributed by atoms with Crippen molar-refractivity contribution in [1.29, 1.82) is 0 Å². The van der Waals surface area contributed by atoms with E-state index < -0.39 is 0 Å². The lowest BCUT2D eigenvalue weighted by Crippen LogP contribution is -2.13. The number of ether oxygens (including phenoxy) is 3. The molecule has 0 amide bonds. The standard InChI is InChI=1S/C23H22Cl3NO3/c1-28-18-6-3-15(4-7-18)12-27-13-17-10-22(29-2)23(11-20(17)25)30-14-16-5-8-19(24)21(26)9-16/h3-11,27H,12-14H2,1-2H3. The first-order chi connectivity index (χ1) is 14.5. The molecule has 0 radical (unpaired) electrons. The average molecular weight is 467 g/mol. The van der Waals surface area contributed by atoms with Gasteiger partial charge in [-0.3, -0.25) is 0 Å². The van der Waals surface area contributed by atoms with Crippen molar-refractivity contribution < 1.29 is 14.2 Å². The second kappa shape index (κ2) is 10.8. The Hall–Kier alpha value is -2.11. The lowest BCUT2D eigenvalue weighted by Gasteiger charge is -2.15. The van der Waals surface area contributed by atoms with E-state index in [0.717, 1.165) is 22.4 Å². The van der Waals surface area contributed by atoms with E-state index in [1.807, 2.05) is 36.4 Å². The number of nitrogens with one attached hydrogen (secondary N) is 1. The van der Waals surface area contributed by atoms with Gasteiger partial charge in [0.25, 0.3) is 0 Å². The molecule has 3 rings (SSSR count). The van der Waals surface area contributed by atoms with Gasteiger partial charge in [0, 0.05) is 24.2 Å². The summed E-state index contributed by atoms with van der Waals surface area (Å²) in [7, 11) is 3.25. The van der Waals surface area contributed by atoms with Gasteiger partial charge in [-0.05, 0) is 47.0 Å². The Labute approximate surface area is 191 Å². The molecule has 0 spiro atoms. The van der Waals surface area contributed by atoms with Crippen LogP contribution in [0, 0.1) is 0 Å². The van der Waals surface area contributed by atoms with Crippen molar-refractivity contribution in [2.75, 3.05) is 14.2 Å². The summed E-state index contributed by atoms with van der Waals surface area (Å²) in [5.74, 6) is 2.01. The van der Waals surface area contributed by atoms with E-state index in [2.05, 4.69) is 5.32 Å². The minimum absolute atomic E-state index is 0.318. The molecule has 0 fully saturated rings. The van der Waals surface area contributed by atoms with Crippen LogP contribution < -0.4 is 19.5 Å². The molecule has 0 atom stereocenters. The highest BCUT2D eigenvalue weighted by Gasteiger charge is 2.11. The van der Waals surface area contributed by atoms with Crippen LogP contribution in [0.5, 0.6) is 17.2 Å². The van der Waals surface area contributed by atoms with Crippen LogP contribution in [0.3, 0.4) is 0 Å². The SMILES string of the molecule is COc1ccc(CNCc2cc(OC)c(OCc3ccc(Cl)c(Cl)c3)cc2Cl)cc1. The second-order valence-corrected chi connectivity index (χ2v) is 7.80. The Morgan fingerprint density at radius 1 is 0.700 bits per heavy atom. The van der Waals surface area contributed by atoms with Crippen molar-refractivity contribution in [3.63, 3.8) is 0 Å². The summed E-state index contributed by atoms with van der Waals surface area (Å²) in [6, 6.07) is 16.9. The van der Waals surface area contributed by atoms with Crippen LogP contribution in [0.2, 0.25) is 15.1 Å². The number of benzene rings is 3. The van der Waals surface area contributed by atoms with Crippen LogP contribution in [0.25, 0.3) is 0 Å². The zero-order chi connectivity index (χ0) is 21.5. The fraction of sp³-hybridized carbons (Fsp3) is 0.217. The van der Waals surface area contributed by atoms with Gasteiger partial charge < -0.3 is 19.5 Å². The molecule has 158 valence electrons. The fourth-order valence-corrected chi connectivity index (χ4v) is 3.40. The van der Waals surface area contributed by atoms with Crippen LogP contribution in [-0.2, 0) is 19.7 Å². The minimum Gasteiger partial charge on any atom is -0.497 e. The monoisotopic (exact) mass is 465 g/mol. The van der Waals surface area contributed by atoms with Gasteiger partial charge in [-0.2, -0.15) is 0 Å². The number of hydrogen-bond acceptors (Lipinski definition) is 4. The predicted octanol–water partition coefficient (Wildman–Crippen LogP) is 6.53. The van der Waals surface area contributed by atoms with Gasteiger partial charge >= 0.3 is 0 Å². The number of methoxy groups -OCH3 is 2. The van der Waals surface area contributed by atoms with E-state index in [-0.39, 0.29) is 0 Å². The second-order valence-electron chi connectivity index (χ2n) is 6.58. The third kappa shape index (κ3) is 5.96. The van der Waals surface area contributed by atoms with E-state index in [1.54, 1.807) is 32.4 Å². The summed E-state index contributed by atoms with van der Waals surface area (Å²) in [4.78, 5) is 0. The Kier molecular flexibility index (Phi) is 8.11. The fourth-order valence-electron chi connectivity index (χ4n) is 2.86. The molecule has 3 aromatic rings. The first-order valence-corrected chi connectivity index (χ1v) is 10.4. The predicted molar refractivity (Wildman–Crippen MR) is 122 cm³/mol. The highest BCUT2D eigenvalue weighted by Crippen LogP contribution is 2.34. The Balaban J connectivity index is 1.63. The normalized spacial score (nSPS) is 10.7. The van der Waals surface area contributed by atoms with Gasteiger partial charge in [0.1, 0.15) is 12.4 Å². The molecule has 0 saturated heterocycles. The first kappa shape index (κ1) is 22.6. The van der Waals surface area contributed by atoms with Crippen LogP contribution >= 0.6 is 34.8 Å². The van der Waals surface area contributed by atoms with E-state index in [9.17, 15) is 0 Å². The zero-order valence-corrected chi connectivity index (χ0v) is 18.9. The maximum atomic E-state index is 6.48. The zero-order valence-electron chi connectivity index (χ0n) is 16.7. The van der Waals surface area contributed by atoms with Crippen LogP contribution in [0.4, 0.5) is 0 Å². The molecule has 0 unspecified atom stereocenters. The van der Waals surface area contributed by atoms with E-state index >= 15 is 0 Å². The van der Waals surface area contributed by atoms with Crippen molar-refractivity contribution in [1.82, 2.24) is 5.32 Å². The molecule has 0 aliphatic carbocycles. The van der Waals surface area contributed by atoms with Gasteiger partial charge in [0.05, 0.1) is 24.3 Å². The van der Waals surface area contributed by atoms with E-state index in [1.165, 1.54) is 0 Å². The molecule has 30 heavy (non-hydrogen) atoms. The van der Waals surface area contributed by atoms with Crippen molar-refractivity contribution >= 4 is 34.8 Å². The van der Waals surface area contributed by atoms with Gasteiger partial charge in [0.15, 0.2) is 11.5 Å². The van der Waals surface area contributed by atoms with Crippen molar-refractivity contribution in [3.05, 3.63) is 86.4 Å². The Bertz CT molecular complexity index is 994. The summed E-state index contributed by atoms with van der Waals surface area (Å²) in [6.45, 7) is 1.62. The molecule has 1 N–H and O–H groups in total. The van der Waals surface area contributed by atoms with Crippen molar-refractivity contribution in [2.24, 2.45) is 0 Å². The maximum Gasteiger partial charge on any atom is 0.163 e. The summed E-state index contributed by atoms with van der Waals surface area (Å²) in [6.07, 6.45) is 0. The largest absolute Gasteiger partial charge is 0.497 e. The summed E-state index contributed by atoms with van der Waals surface area (Å²) in [5, 5.41) is 4.98. The smallest absolute Gasteiger partial charge is 0.163 e. The lowest BCUT2D eigenvalue weighted by molar-refractivity contribution is 0.284. The van der Waals surface area contributed by atoms with Crippen LogP contribution in [0.1, 0.15) is 16.7 Å². The maximum absolute atomic E-state index is 6.48. The summed E-state index contributed by atoms with van der Waals surface area (Å²) < 4.78 is 16.6. The highest BCUT2D eigenvalue weighted by atomic mass is 35.5. The molecule has 4 nitrogen and oxygen atoms in total. The molecule has 0 bridgehead atoms. The van der Waals surface area contributed by atoms with Crippen molar-refractivity contribution in [2.45, 2.75) is 19.7 Å². The molecule has 0 saturated carbocycles. The molecule has 0 aliphatic rings. The summed E-state index contributed by atoms with van der Waals surface area (Å²) >= 11 is 18.5. The van der Waals surface area contributed by atoms with Crippen molar-refractivity contribution in [3.8, 4) is 17.2 Å². The molecule has 7 heteroatoms. The number of hydrogen-bond donors (Lipinski definition) is 1. The topological polar surface area (TPSA) is 39.7 Å². The lowest BCUT2D eigenvalue weighted by atomic mass is 10.1. The van der Waals surface area contributed by atoms with E-state index in [4.69, 9.17) is 49.0 Å². The average Bonchev–Trinajstić information content (AvgIpc) is 2.76. The minimum atomic E-state index is 0.318. The van der Waals surface area contributed by atoms with Crippen LogP contribution in [-0.4, -0.2) is 14.2 Å². The third-order valence-electron chi connectivity index (χ3n) is 4.51. The van der Waals surface area contributed by atoms with Gasteiger partial charge in [-0.25, -0.2) is 0 Å². The van der Waals surface area contributed by atoms with Gasteiger partial charge in [-0.1, -0.05) is 53.0 Å². The molecule has 0 heterocycles. The third-order valence-corrected chi connectivity index (χ3v) is 5.61. The van der Waals surface area contributed by atoms with E-state index in [0.29, 0.717) is 46.3 Å². The quantitative estimate of drug-likeness (QED) is 0.389. The molecule has 0 aromatic heterocycles. The first-order valence-electron chi connectivity index (χ1n) is 9.27.